The lowest BCUT2D eigenvalue weighted by molar-refractivity contribution is 0.285. The van der Waals surface area contributed by atoms with Crippen LogP contribution in [-0.4, -0.2) is 14.1 Å². The highest BCUT2D eigenvalue weighted by atomic mass is 127. The predicted molar refractivity (Wildman–Crippen MR) is 110 cm³/mol. The van der Waals surface area contributed by atoms with Crippen LogP contribution in [0.3, 0.4) is 0 Å². The van der Waals surface area contributed by atoms with Gasteiger partial charge in [-0.15, -0.1) is 0 Å². The molecule has 0 aliphatic heterocycles. The number of halogens is 1. The maximum atomic E-state index is 12.4. The summed E-state index contributed by atoms with van der Waals surface area (Å²) in [5.41, 5.74) is 3.29. The topological polar surface area (TPSA) is 58.5 Å². The first-order valence-corrected chi connectivity index (χ1v) is 11.5. The fraction of sp³-hybridized carbons (Fsp3) is 0.526. The van der Waals surface area contributed by atoms with Gasteiger partial charge in [0.2, 0.25) is 0 Å². The van der Waals surface area contributed by atoms with E-state index in [0.717, 1.165) is 27.2 Å². The highest BCUT2D eigenvalue weighted by Crippen LogP contribution is 2.43. The van der Waals surface area contributed by atoms with Gasteiger partial charge < -0.3 is 0 Å². The molecule has 3 rings (SSSR count). The quantitative estimate of drug-likeness (QED) is 0.499. The Kier molecular flexibility index (Phi) is 5.88. The first-order valence-electron chi connectivity index (χ1n) is 8.90. The number of nitrogens with one attached hydrogen (secondary N) is 1. The van der Waals surface area contributed by atoms with Gasteiger partial charge in [-0.2, -0.15) is 18.4 Å². The lowest BCUT2D eigenvalue weighted by Gasteiger charge is -2.28. The van der Waals surface area contributed by atoms with Crippen LogP contribution in [0.2, 0.25) is 0 Å². The van der Waals surface area contributed by atoms with Gasteiger partial charge in [0.1, 0.15) is 0 Å². The second-order valence-corrected chi connectivity index (χ2v) is 9.91. The zero-order valence-corrected chi connectivity index (χ0v) is 17.7. The summed E-state index contributed by atoms with van der Waals surface area (Å²) in [6.45, 7) is 4.11. The summed E-state index contributed by atoms with van der Waals surface area (Å²) in [6, 6.07) is 6.82. The van der Waals surface area contributed by atoms with E-state index in [2.05, 4.69) is 39.4 Å². The van der Waals surface area contributed by atoms with E-state index in [9.17, 15) is 8.42 Å². The molecule has 0 aromatic heterocycles. The first-order chi connectivity index (χ1) is 11.9. The van der Waals surface area contributed by atoms with E-state index in [-0.39, 0.29) is 4.90 Å². The van der Waals surface area contributed by atoms with E-state index < -0.39 is 10.0 Å². The second-order valence-electron chi connectivity index (χ2n) is 7.17. The summed E-state index contributed by atoms with van der Waals surface area (Å²) in [4.78, 5) is 2.68. The molecule has 6 heteroatoms. The van der Waals surface area contributed by atoms with Crippen molar-refractivity contribution in [3.63, 3.8) is 0 Å². The molecule has 1 N–H and O–H groups in total. The van der Waals surface area contributed by atoms with Gasteiger partial charge in [0.15, 0.2) is 0 Å². The number of allylic oxidation sites excluding steroid dienone is 2. The number of hydrogen-bond acceptors (Lipinski definition) is 3. The van der Waals surface area contributed by atoms with Gasteiger partial charge >= 0.3 is 0 Å². The zero-order chi connectivity index (χ0) is 18.0. The van der Waals surface area contributed by atoms with Crippen molar-refractivity contribution in [1.82, 2.24) is 4.83 Å². The van der Waals surface area contributed by atoms with Gasteiger partial charge in [-0.25, -0.2) is 0 Å². The molecule has 0 unspecified atom stereocenters. The molecular weight excluding hydrogens is 447 g/mol. The largest absolute Gasteiger partial charge is 0.276 e. The number of nitrogens with zero attached hydrogens (tertiary/aromatic N) is 1. The molecule has 1 saturated carbocycles. The number of benzene rings is 1. The summed E-state index contributed by atoms with van der Waals surface area (Å²) < 4.78 is 26.0. The molecule has 136 valence electrons. The molecule has 25 heavy (non-hydrogen) atoms. The fourth-order valence-corrected chi connectivity index (χ4v) is 5.45. The maximum Gasteiger partial charge on any atom is 0.276 e. The fourth-order valence-electron chi connectivity index (χ4n) is 3.88. The summed E-state index contributed by atoms with van der Waals surface area (Å²) in [7, 11) is -3.61. The highest BCUT2D eigenvalue weighted by Gasteiger charge is 2.33. The zero-order valence-electron chi connectivity index (χ0n) is 14.8. The average molecular weight is 472 g/mol. The van der Waals surface area contributed by atoms with Crippen LogP contribution in [0.1, 0.15) is 51.0 Å². The van der Waals surface area contributed by atoms with Gasteiger partial charge in [0.25, 0.3) is 10.0 Å². The van der Waals surface area contributed by atoms with E-state index in [4.69, 9.17) is 0 Å². The standard InChI is InChI=1S/C19H25IN2O2S/c1-13-8-10-16(11-9-13)25(23,24)22-21-18-12-17(14(2)19(18)20)15-6-4-3-5-7-15/h8-11,15,17,22H,3-7,12H2,1-2H3/b21-18+/t17-/m1/s1. The Balaban J connectivity index is 1.74. The molecule has 0 heterocycles. The van der Waals surface area contributed by atoms with Gasteiger partial charge in [-0.1, -0.05) is 42.5 Å². The van der Waals surface area contributed by atoms with E-state index >= 15 is 0 Å². The van der Waals surface area contributed by atoms with Gasteiger partial charge in [-0.3, -0.25) is 0 Å². The molecule has 4 nitrogen and oxygen atoms in total. The Morgan fingerprint density at radius 2 is 1.72 bits per heavy atom. The number of rotatable bonds is 4. The van der Waals surface area contributed by atoms with Crippen LogP contribution in [0.15, 0.2) is 43.4 Å². The molecule has 1 aromatic carbocycles. The molecule has 1 fully saturated rings. The third kappa shape index (κ3) is 4.27. The molecule has 0 radical (unpaired) electrons. The minimum atomic E-state index is -3.61. The van der Waals surface area contributed by atoms with Crippen molar-refractivity contribution in [2.75, 3.05) is 0 Å². The lowest BCUT2D eigenvalue weighted by Crippen LogP contribution is -2.21. The highest BCUT2D eigenvalue weighted by molar-refractivity contribution is 14.1. The minimum Gasteiger partial charge on any atom is -0.200 e. The summed E-state index contributed by atoms with van der Waals surface area (Å²) in [5.74, 6) is 1.25. The monoisotopic (exact) mass is 472 g/mol. The summed E-state index contributed by atoms with van der Waals surface area (Å²) in [6.07, 6.45) is 7.41. The first kappa shape index (κ1) is 18.9. The molecular formula is C19H25IN2O2S. The molecule has 2 aliphatic rings. The number of aryl methyl sites for hydroxylation is 1. The van der Waals surface area contributed by atoms with E-state index in [0.29, 0.717) is 5.92 Å². The van der Waals surface area contributed by atoms with Crippen molar-refractivity contribution in [1.29, 1.82) is 0 Å². The third-order valence-corrected chi connectivity index (χ3v) is 8.12. The third-order valence-electron chi connectivity index (χ3n) is 5.42. The van der Waals surface area contributed by atoms with Gasteiger partial charge in [0, 0.05) is 3.58 Å². The van der Waals surface area contributed by atoms with Gasteiger partial charge in [0.05, 0.1) is 10.6 Å². The molecule has 2 aliphatic carbocycles. The van der Waals surface area contributed by atoms with Crippen molar-refractivity contribution in [3.05, 3.63) is 39.0 Å². The van der Waals surface area contributed by atoms with Crippen LogP contribution in [-0.2, 0) is 10.0 Å². The van der Waals surface area contributed by atoms with Crippen LogP contribution < -0.4 is 4.83 Å². The minimum absolute atomic E-state index is 0.250. The molecule has 0 spiro atoms. The summed E-state index contributed by atoms with van der Waals surface area (Å²) in [5, 5.41) is 4.28. The van der Waals surface area contributed by atoms with Crippen molar-refractivity contribution in [2.45, 2.75) is 57.3 Å². The Morgan fingerprint density at radius 3 is 2.36 bits per heavy atom. The molecule has 1 aromatic rings. The molecule has 0 amide bonds. The molecule has 0 bridgehead atoms. The Bertz CT molecular complexity index is 791. The van der Waals surface area contributed by atoms with Crippen molar-refractivity contribution < 1.29 is 8.42 Å². The number of sulfonamides is 1. The normalized spacial score (nSPS) is 24.1. The smallest absolute Gasteiger partial charge is 0.200 e. The maximum absolute atomic E-state index is 12.4. The van der Waals surface area contributed by atoms with Crippen molar-refractivity contribution in [3.8, 4) is 0 Å². The SMILES string of the molecule is CC1=C(I)/C(=N/NS(=O)(=O)c2ccc(C)cc2)C[C@H]1C1CCCCC1. The van der Waals surface area contributed by atoms with E-state index in [1.54, 1.807) is 24.3 Å². The van der Waals surface area contributed by atoms with Crippen molar-refractivity contribution in [2.24, 2.45) is 16.9 Å². The van der Waals surface area contributed by atoms with Crippen LogP contribution in [0.25, 0.3) is 0 Å². The Morgan fingerprint density at radius 1 is 1.08 bits per heavy atom. The Labute approximate surface area is 164 Å². The van der Waals surface area contributed by atoms with Crippen LogP contribution in [0, 0.1) is 18.8 Å². The lowest BCUT2D eigenvalue weighted by atomic mass is 9.77. The predicted octanol–water partition coefficient (Wildman–Crippen LogP) is 4.94. The number of hydrogen-bond donors (Lipinski definition) is 1. The van der Waals surface area contributed by atoms with E-state index in [1.165, 1.54) is 37.7 Å². The summed E-state index contributed by atoms with van der Waals surface area (Å²) >= 11 is 2.32. The molecule has 0 saturated heterocycles. The van der Waals surface area contributed by atoms with Crippen LogP contribution >= 0.6 is 22.6 Å². The van der Waals surface area contributed by atoms with Gasteiger partial charge in [-0.05, 0) is 79.7 Å². The van der Waals surface area contributed by atoms with Crippen LogP contribution in [0.4, 0.5) is 0 Å². The van der Waals surface area contributed by atoms with Crippen LogP contribution in [0.5, 0.6) is 0 Å². The van der Waals surface area contributed by atoms with Crippen molar-refractivity contribution >= 4 is 38.3 Å². The Hall–Kier alpha value is -0.890. The number of hydrazone groups is 1. The average Bonchev–Trinajstić information content (AvgIpc) is 2.89. The molecule has 1 atom stereocenters. The second kappa shape index (κ2) is 7.78. The van der Waals surface area contributed by atoms with E-state index in [1.807, 2.05) is 6.92 Å².